The lowest BCUT2D eigenvalue weighted by Gasteiger charge is -2.26. The molecule has 2 fully saturated rings. The summed E-state index contributed by atoms with van der Waals surface area (Å²) in [5.41, 5.74) is 0.774. The van der Waals surface area contributed by atoms with Gasteiger partial charge in [-0.05, 0) is 37.3 Å². The van der Waals surface area contributed by atoms with Crippen molar-refractivity contribution in [3.63, 3.8) is 0 Å². The van der Waals surface area contributed by atoms with Crippen molar-refractivity contribution >= 4 is 26.7 Å². The Kier molecular flexibility index (Phi) is 4.75. The number of anilines is 1. The first-order valence-electron chi connectivity index (χ1n) is 8.80. The van der Waals surface area contributed by atoms with Crippen LogP contribution in [0.15, 0.2) is 29.2 Å². The van der Waals surface area contributed by atoms with Crippen LogP contribution in [-0.2, 0) is 16.6 Å². The molecule has 25 heavy (non-hydrogen) atoms. The molecule has 134 valence electrons. The third-order valence-corrected chi connectivity index (χ3v) is 7.41. The van der Waals surface area contributed by atoms with Gasteiger partial charge >= 0.3 is 0 Å². The van der Waals surface area contributed by atoms with Gasteiger partial charge in [-0.1, -0.05) is 24.6 Å². The van der Waals surface area contributed by atoms with Gasteiger partial charge in [-0.15, -0.1) is 0 Å². The molecule has 6 nitrogen and oxygen atoms in total. The summed E-state index contributed by atoms with van der Waals surface area (Å²) in [7, 11) is -3.43. The molecule has 1 N–H and O–H groups in total. The van der Waals surface area contributed by atoms with Crippen LogP contribution >= 0.6 is 11.5 Å². The quantitative estimate of drug-likeness (QED) is 0.835. The fourth-order valence-electron chi connectivity index (χ4n) is 3.13. The number of benzene rings is 1. The Morgan fingerprint density at radius 1 is 1.16 bits per heavy atom. The summed E-state index contributed by atoms with van der Waals surface area (Å²) in [6.45, 7) is 1.67. The van der Waals surface area contributed by atoms with E-state index in [9.17, 15) is 8.42 Å². The highest BCUT2D eigenvalue weighted by atomic mass is 32.2. The lowest BCUT2D eigenvalue weighted by molar-refractivity contribution is 0.346. The Labute approximate surface area is 152 Å². The molecule has 4 rings (SSSR count). The summed E-state index contributed by atoms with van der Waals surface area (Å²) < 4.78 is 32.0. The van der Waals surface area contributed by atoms with Crippen molar-refractivity contribution < 1.29 is 8.42 Å². The molecule has 1 saturated carbocycles. The Morgan fingerprint density at radius 3 is 2.68 bits per heavy atom. The highest BCUT2D eigenvalue weighted by Crippen LogP contribution is 2.39. The van der Waals surface area contributed by atoms with Gasteiger partial charge < -0.3 is 5.32 Å². The maximum atomic E-state index is 13.0. The monoisotopic (exact) mass is 378 g/mol. The molecule has 2 aromatic rings. The lowest BCUT2D eigenvalue weighted by atomic mass is 10.2. The van der Waals surface area contributed by atoms with Crippen LogP contribution in [0.1, 0.15) is 49.4 Å². The Hall–Kier alpha value is -1.51. The zero-order valence-electron chi connectivity index (χ0n) is 14.0. The number of sulfonamides is 1. The molecule has 1 aliphatic heterocycles. The van der Waals surface area contributed by atoms with Crippen molar-refractivity contribution in [2.24, 2.45) is 0 Å². The molecular weight excluding hydrogens is 356 g/mol. The van der Waals surface area contributed by atoms with Crippen molar-refractivity contribution in [3.8, 4) is 0 Å². The largest absolute Gasteiger partial charge is 0.356 e. The number of aromatic nitrogens is 2. The van der Waals surface area contributed by atoms with Crippen LogP contribution in [0.4, 0.5) is 5.13 Å². The summed E-state index contributed by atoms with van der Waals surface area (Å²) >= 11 is 1.35. The van der Waals surface area contributed by atoms with Gasteiger partial charge in [0.15, 0.2) is 0 Å². The minimum atomic E-state index is -3.43. The van der Waals surface area contributed by atoms with E-state index in [1.807, 2.05) is 12.1 Å². The van der Waals surface area contributed by atoms with Crippen molar-refractivity contribution in [3.05, 3.63) is 35.7 Å². The van der Waals surface area contributed by atoms with Gasteiger partial charge in [0.1, 0.15) is 5.82 Å². The zero-order chi connectivity index (χ0) is 17.3. The van der Waals surface area contributed by atoms with E-state index in [-0.39, 0.29) is 0 Å². The van der Waals surface area contributed by atoms with E-state index in [2.05, 4.69) is 14.7 Å². The SMILES string of the molecule is O=S(=O)(c1ccccc1CNc1nc(C2CC2)ns1)N1CCCCC1. The summed E-state index contributed by atoms with van der Waals surface area (Å²) in [6.07, 6.45) is 5.33. The standard InChI is InChI=1S/C17H22N4O2S2/c22-25(23,21-10-4-1-5-11-21)15-7-3-2-6-14(15)12-18-17-19-16(20-24-17)13-8-9-13/h2-3,6-7,13H,1,4-5,8-12H2,(H,18,19,20). The minimum absolute atomic E-state index is 0.399. The summed E-state index contributed by atoms with van der Waals surface area (Å²) in [4.78, 5) is 4.90. The van der Waals surface area contributed by atoms with E-state index in [0.717, 1.165) is 35.8 Å². The molecule has 2 heterocycles. The first-order valence-corrected chi connectivity index (χ1v) is 11.0. The molecule has 1 aromatic heterocycles. The normalized spacial score (nSPS) is 19.0. The Balaban J connectivity index is 1.51. The molecule has 0 radical (unpaired) electrons. The summed E-state index contributed by atoms with van der Waals surface area (Å²) in [5, 5.41) is 4.00. The number of rotatable bonds is 6. The van der Waals surface area contributed by atoms with Crippen molar-refractivity contribution in [1.29, 1.82) is 0 Å². The summed E-state index contributed by atoms with van der Waals surface area (Å²) in [5.74, 6) is 1.44. The minimum Gasteiger partial charge on any atom is -0.356 e. The molecule has 1 saturated heterocycles. The highest BCUT2D eigenvalue weighted by molar-refractivity contribution is 7.89. The average Bonchev–Trinajstić information content (AvgIpc) is 3.39. The maximum Gasteiger partial charge on any atom is 0.243 e. The number of hydrogen-bond donors (Lipinski definition) is 1. The summed E-state index contributed by atoms with van der Waals surface area (Å²) in [6, 6.07) is 7.24. The van der Waals surface area contributed by atoms with Crippen LogP contribution in [0.2, 0.25) is 0 Å². The molecule has 1 aromatic carbocycles. The molecule has 0 spiro atoms. The van der Waals surface area contributed by atoms with E-state index in [1.165, 1.54) is 24.4 Å². The van der Waals surface area contributed by atoms with Crippen molar-refractivity contribution in [2.45, 2.75) is 49.5 Å². The van der Waals surface area contributed by atoms with E-state index in [4.69, 9.17) is 0 Å². The fourth-order valence-corrected chi connectivity index (χ4v) is 5.51. The van der Waals surface area contributed by atoms with Crippen molar-refractivity contribution in [2.75, 3.05) is 18.4 Å². The molecule has 1 aliphatic carbocycles. The van der Waals surface area contributed by atoms with Crippen molar-refractivity contribution in [1.82, 2.24) is 13.7 Å². The van der Waals surface area contributed by atoms with Crippen LogP contribution in [0.25, 0.3) is 0 Å². The first kappa shape index (κ1) is 16.9. The second kappa shape index (κ2) is 7.01. The molecule has 0 bridgehead atoms. The number of nitrogens with zero attached hydrogens (tertiary/aromatic N) is 3. The van der Waals surface area contributed by atoms with Gasteiger partial charge in [0.05, 0.1) is 4.90 Å². The smallest absolute Gasteiger partial charge is 0.243 e. The topological polar surface area (TPSA) is 75.2 Å². The van der Waals surface area contributed by atoms with Gasteiger partial charge in [0.25, 0.3) is 0 Å². The lowest BCUT2D eigenvalue weighted by Crippen LogP contribution is -2.36. The molecule has 8 heteroatoms. The third-order valence-electron chi connectivity index (χ3n) is 4.72. The maximum absolute atomic E-state index is 13.0. The molecule has 2 aliphatic rings. The fraction of sp³-hybridized carbons (Fsp3) is 0.529. The van der Waals surface area contributed by atoms with Gasteiger partial charge in [0.2, 0.25) is 15.2 Å². The van der Waals surface area contributed by atoms with Gasteiger partial charge in [0, 0.05) is 37.1 Å². The van der Waals surface area contributed by atoms with E-state index < -0.39 is 10.0 Å². The van der Waals surface area contributed by atoms with Crippen LogP contribution in [0, 0.1) is 0 Å². The zero-order valence-corrected chi connectivity index (χ0v) is 15.7. The van der Waals surface area contributed by atoms with Gasteiger partial charge in [-0.25, -0.2) is 13.4 Å². The number of piperidine rings is 1. The Bertz CT molecular complexity index is 840. The number of nitrogens with one attached hydrogen (secondary N) is 1. The van der Waals surface area contributed by atoms with Crippen LogP contribution in [-0.4, -0.2) is 35.2 Å². The molecule has 0 amide bonds. The first-order chi connectivity index (χ1) is 12.1. The third kappa shape index (κ3) is 3.70. The Morgan fingerprint density at radius 2 is 1.92 bits per heavy atom. The molecule has 0 atom stereocenters. The predicted octanol–water partition coefficient (Wildman–Crippen LogP) is 3.20. The van der Waals surface area contributed by atoms with Crippen LogP contribution < -0.4 is 5.32 Å². The van der Waals surface area contributed by atoms with Crippen LogP contribution in [0.5, 0.6) is 0 Å². The van der Waals surface area contributed by atoms with Crippen LogP contribution in [0.3, 0.4) is 0 Å². The van der Waals surface area contributed by atoms with Gasteiger partial charge in [-0.3, -0.25) is 0 Å². The second-order valence-corrected chi connectivity index (χ2v) is 9.32. The van der Waals surface area contributed by atoms with Gasteiger partial charge in [-0.2, -0.15) is 8.68 Å². The predicted molar refractivity (Wildman–Crippen MR) is 98.3 cm³/mol. The van der Waals surface area contributed by atoms with E-state index in [0.29, 0.717) is 30.4 Å². The highest BCUT2D eigenvalue weighted by Gasteiger charge is 2.29. The average molecular weight is 379 g/mol. The molecule has 0 unspecified atom stereocenters. The second-order valence-electron chi connectivity index (χ2n) is 6.66. The molecular formula is C17H22N4O2S2. The van der Waals surface area contributed by atoms with E-state index >= 15 is 0 Å². The van der Waals surface area contributed by atoms with E-state index in [1.54, 1.807) is 16.4 Å². The number of hydrogen-bond acceptors (Lipinski definition) is 6.